The normalized spacial score (nSPS) is 21.1. The molecule has 2 aliphatic carbocycles. The van der Waals surface area contributed by atoms with Crippen molar-refractivity contribution in [3.05, 3.63) is 60.2 Å². The van der Waals surface area contributed by atoms with Gasteiger partial charge in [0.15, 0.2) is 0 Å². The highest BCUT2D eigenvalue weighted by Gasteiger charge is 2.25. The van der Waals surface area contributed by atoms with Gasteiger partial charge in [0.2, 0.25) is 0 Å². The van der Waals surface area contributed by atoms with Gasteiger partial charge in [-0.15, -0.1) is 0 Å². The van der Waals surface area contributed by atoms with Crippen LogP contribution in [0.2, 0.25) is 0 Å². The predicted octanol–water partition coefficient (Wildman–Crippen LogP) is 5.98. The largest absolute Gasteiger partial charge is 0.495 e. The number of rotatable bonds is 7. The van der Waals surface area contributed by atoms with E-state index in [1.807, 2.05) is 13.1 Å². The summed E-state index contributed by atoms with van der Waals surface area (Å²) in [5.74, 6) is 2.17. The maximum atomic E-state index is 5.35. The Morgan fingerprint density at radius 1 is 1.03 bits per heavy atom. The van der Waals surface area contributed by atoms with Crippen molar-refractivity contribution in [2.75, 3.05) is 19.0 Å². The second kappa shape index (κ2) is 8.74. The number of hydrogen-bond acceptors (Lipinski definition) is 4. The number of hydrogen-bond donors (Lipinski definition) is 1. The SMILES string of the molecule is COc1ccc([C@H]2CC[C@H](CNc3cccc(-c4cnn(C5CC5)c4)c3)CC2)nc1C. The third-order valence-corrected chi connectivity index (χ3v) is 6.86. The number of nitrogens with one attached hydrogen (secondary N) is 1. The monoisotopic (exact) mass is 416 g/mol. The number of anilines is 1. The maximum absolute atomic E-state index is 5.35. The molecule has 2 saturated carbocycles. The van der Waals surface area contributed by atoms with Crippen LogP contribution in [-0.4, -0.2) is 28.4 Å². The fourth-order valence-electron chi connectivity index (χ4n) is 4.77. The standard InChI is InChI=1S/C26H32N4O/c1-18-26(31-2)13-12-25(29-18)20-8-6-19(7-9-20)15-27-23-5-3-4-21(14-23)22-16-28-30(17-22)24-10-11-24/h3-5,12-14,16-17,19-20,24,27H,6-11,15H2,1-2H3/t19-,20-. The molecule has 5 nitrogen and oxygen atoms in total. The van der Waals surface area contributed by atoms with Crippen LogP contribution in [-0.2, 0) is 0 Å². The van der Waals surface area contributed by atoms with Crippen LogP contribution in [0.25, 0.3) is 11.1 Å². The van der Waals surface area contributed by atoms with Gasteiger partial charge in [-0.3, -0.25) is 9.67 Å². The highest BCUT2D eigenvalue weighted by atomic mass is 16.5. The Morgan fingerprint density at radius 3 is 2.61 bits per heavy atom. The number of methoxy groups -OCH3 is 1. The Balaban J connectivity index is 1.15. The minimum absolute atomic E-state index is 0.576. The van der Waals surface area contributed by atoms with Crippen LogP contribution in [0.5, 0.6) is 5.75 Å². The van der Waals surface area contributed by atoms with Gasteiger partial charge in [0.1, 0.15) is 5.75 Å². The molecule has 162 valence electrons. The minimum Gasteiger partial charge on any atom is -0.495 e. The first-order valence-corrected chi connectivity index (χ1v) is 11.6. The highest BCUT2D eigenvalue weighted by molar-refractivity contribution is 5.67. The molecule has 1 N–H and O–H groups in total. The van der Waals surface area contributed by atoms with E-state index in [0.29, 0.717) is 12.0 Å². The summed E-state index contributed by atoms with van der Waals surface area (Å²) >= 11 is 0. The molecule has 0 radical (unpaired) electrons. The van der Waals surface area contributed by atoms with Crippen molar-refractivity contribution in [1.82, 2.24) is 14.8 Å². The molecule has 0 spiro atoms. The average molecular weight is 417 g/mol. The number of pyridine rings is 1. The van der Waals surface area contributed by atoms with Gasteiger partial charge in [0.05, 0.1) is 25.0 Å². The van der Waals surface area contributed by atoms with Crippen LogP contribution in [0, 0.1) is 12.8 Å². The summed E-state index contributed by atoms with van der Waals surface area (Å²) in [5, 5.41) is 8.22. The van der Waals surface area contributed by atoms with Crippen molar-refractivity contribution < 1.29 is 4.74 Å². The van der Waals surface area contributed by atoms with E-state index >= 15 is 0 Å². The molecule has 2 fully saturated rings. The number of aryl methyl sites for hydroxylation is 1. The van der Waals surface area contributed by atoms with E-state index < -0.39 is 0 Å². The van der Waals surface area contributed by atoms with Crippen LogP contribution in [0.15, 0.2) is 48.8 Å². The number of aromatic nitrogens is 3. The van der Waals surface area contributed by atoms with Crippen molar-refractivity contribution in [2.45, 2.75) is 57.4 Å². The molecule has 0 bridgehead atoms. The topological polar surface area (TPSA) is 52.0 Å². The van der Waals surface area contributed by atoms with Crippen LogP contribution >= 0.6 is 0 Å². The lowest BCUT2D eigenvalue weighted by molar-refractivity contribution is 0.334. The molecule has 5 rings (SSSR count). The summed E-state index contributed by atoms with van der Waals surface area (Å²) in [6.07, 6.45) is 11.6. The first-order valence-electron chi connectivity index (χ1n) is 11.6. The summed E-state index contributed by atoms with van der Waals surface area (Å²) < 4.78 is 7.47. The lowest BCUT2D eigenvalue weighted by Gasteiger charge is -2.29. The van der Waals surface area contributed by atoms with E-state index in [2.05, 4.69) is 57.7 Å². The van der Waals surface area contributed by atoms with Gasteiger partial charge in [-0.05, 0) is 81.2 Å². The van der Waals surface area contributed by atoms with Crippen LogP contribution in [0.3, 0.4) is 0 Å². The third kappa shape index (κ3) is 4.60. The van der Waals surface area contributed by atoms with Gasteiger partial charge in [0, 0.05) is 35.6 Å². The van der Waals surface area contributed by atoms with Gasteiger partial charge < -0.3 is 10.1 Å². The van der Waals surface area contributed by atoms with E-state index in [4.69, 9.17) is 9.72 Å². The minimum atomic E-state index is 0.576. The number of nitrogens with zero attached hydrogens (tertiary/aromatic N) is 3. The van der Waals surface area contributed by atoms with E-state index in [1.165, 1.54) is 61.0 Å². The van der Waals surface area contributed by atoms with Crippen LogP contribution in [0.1, 0.15) is 61.9 Å². The maximum Gasteiger partial charge on any atom is 0.140 e. The Morgan fingerprint density at radius 2 is 1.87 bits per heavy atom. The molecule has 31 heavy (non-hydrogen) atoms. The van der Waals surface area contributed by atoms with Crippen LogP contribution < -0.4 is 10.1 Å². The van der Waals surface area contributed by atoms with Gasteiger partial charge in [0.25, 0.3) is 0 Å². The molecule has 2 aromatic heterocycles. The summed E-state index contributed by atoms with van der Waals surface area (Å²) in [4.78, 5) is 4.79. The van der Waals surface area contributed by atoms with Crippen molar-refractivity contribution in [3.63, 3.8) is 0 Å². The second-order valence-corrected chi connectivity index (χ2v) is 9.14. The summed E-state index contributed by atoms with van der Waals surface area (Å²) in [6.45, 7) is 3.07. The zero-order valence-corrected chi connectivity index (χ0v) is 18.6. The molecule has 3 aromatic rings. The van der Waals surface area contributed by atoms with E-state index in [-0.39, 0.29) is 0 Å². The number of benzene rings is 1. The summed E-state index contributed by atoms with van der Waals surface area (Å²) in [7, 11) is 1.71. The van der Waals surface area contributed by atoms with Crippen molar-refractivity contribution in [2.24, 2.45) is 5.92 Å². The Kier molecular flexibility index (Phi) is 5.66. The Hall–Kier alpha value is -2.82. The molecule has 5 heteroatoms. The molecule has 0 amide bonds. The highest BCUT2D eigenvalue weighted by Crippen LogP contribution is 2.37. The van der Waals surface area contributed by atoms with Crippen molar-refractivity contribution >= 4 is 5.69 Å². The van der Waals surface area contributed by atoms with Gasteiger partial charge in [-0.2, -0.15) is 5.10 Å². The predicted molar refractivity (Wildman–Crippen MR) is 125 cm³/mol. The first-order chi connectivity index (χ1) is 15.2. The molecular weight excluding hydrogens is 384 g/mol. The average Bonchev–Trinajstić information content (AvgIpc) is 3.54. The van der Waals surface area contributed by atoms with Gasteiger partial charge in [-0.25, -0.2) is 0 Å². The third-order valence-electron chi connectivity index (χ3n) is 6.86. The van der Waals surface area contributed by atoms with Crippen LogP contribution in [0.4, 0.5) is 5.69 Å². The Labute approximate surface area is 184 Å². The molecule has 0 aliphatic heterocycles. The molecule has 2 heterocycles. The fraction of sp³-hybridized carbons (Fsp3) is 0.462. The van der Waals surface area contributed by atoms with Gasteiger partial charge in [-0.1, -0.05) is 12.1 Å². The number of ether oxygens (including phenoxy) is 1. The van der Waals surface area contributed by atoms with Gasteiger partial charge >= 0.3 is 0 Å². The lowest BCUT2D eigenvalue weighted by Crippen LogP contribution is -2.21. The Bertz CT molecular complexity index is 1030. The van der Waals surface area contributed by atoms with E-state index in [9.17, 15) is 0 Å². The zero-order chi connectivity index (χ0) is 21.2. The summed E-state index contributed by atoms with van der Waals surface area (Å²) in [6, 6.07) is 13.6. The van der Waals surface area contributed by atoms with Crippen molar-refractivity contribution in [1.29, 1.82) is 0 Å². The molecule has 0 atom stereocenters. The molecule has 2 aliphatic rings. The first kappa shape index (κ1) is 20.1. The van der Waals surface area contributed by atoms with E-state index in [1.54, 1.807) is 7.11 Å². The lowest BCUT2D eigenvalue weighted by atomic mass is 9.80. The quantitative estimate of drug-likeness (QED) is 0.514. The smallest absolute Gasteiger partial charge is 0.140 e. The van der Waals surface area contributed by atoms with E-state index in [0.717, 1.165) is 23.9 Å². The molecular formula is C26H32N4O. The zero-order valence-electron chi connectivity index (χ0n) is 18.6. The van der Waals surface area contributed by atoms with Crippen molar-refractivity contribution in [3.8, 4) is 16.9 Å². The second-order valence-electron chi connectivity index (χ2n) is 9.14. The fourth-order valence-corrected chi connectivity index (χ4v) is 4.77. The molecule has 0 unspecified atom stereocenters. The summed E-state index contributed by atoms with van der Waals surface area (Å²) in [5.41, 5.74) is 5.86. The molecule has 1 aromatic carbocycles. The molecule has 0 saturated heterocycles.